The fourth-order valence-corrected chi connectivity index (χ4v) is 10.8. The molecule has 0 aliphatic heterocycles. The molecule has 0 N–H and O–H groups in total. The molecule has 0 amide bonds. The third-order valence-electron chi connectivity index (χ3n) is 11.9. The van der Waals surface area contributed by atoms with Crippen molar-refractivity contribution in [2.75, 3.05) is 4.90 Å². The highest BCUT2D eigenvalue weighted by molar-refractivity contribution is 7.27. The van der Waals surface area contributed by atoms with Gasteiger partial charge in [-0.2, -0.15) is 0 Å². The van der Waals surface area contributed by atoms with Gasteiger partial charge in [-0.25, -0.2) is 0 Å². The molecule has 276 valence electrons. The van der Waals surface area contributed by atoms with Crippen LogP contribution in [-0.2, 0) is 0 Å². The molecule has 0 unspecified atom stereocenters. The molecule has 13 rings (SSSR count). The zero-order valence-electron chi connectivity index (χ0n) is 31.6. The molecule has 0 spiro atoms. The maximum absolute atomic E-state index is 6.22. The number of para-hydroxylation sites is 4. The first kappa shape index (κ1) is 32.4. The van der Waals surface area contributed by atoms with E-state index in [0.717, 1.165) is 66.9 Å². The predicted octanol–water partition coefficient (Wildman–Crippen LogP) is 15.0. The first-order valence-electron chi connectivity index (χ1n) is 19.9. The highest BCUT2D eigenvalue weighted by Crippen LogP contribution is 2.48. The van der Waals surface area contributed by atoms with E-state index < -0.39 is 0 Å². The van der Waals surface area contributed by atoms with Crippen molar-refractivity contribution in [3.8, 4) is 11.4 Å². The Bertz CT molecular complexity index is 3760. The van der Waals surface area contributed by atoms with Crippen molar-refractivity contribution in [3.05, 3.63) is 194 Å². The number of rotatable bonds is 5. The number of hydrogen-bond donors (Lipinski definition) is 0. The maximum Gasteiger partial charge on any atom is 0.135 e. The SMILES string of the molecule is c1ccc(N(c2ccccc2)c2cccc(-n3c4cccnc4c4c5sc6c(ccc7c6c6ccccc6n7-c6ccc7oc8ccccc8c7c6)c5ccc43)c2)cc1. The van der Waals surface area contributed by atoms with Gasteiger partial charge in [0.05, 0.1) is 27.6 Å². The molecular formula is C53H32N4OS. The van der Waals surface area contributed by atoms with Crippen molar-refractivity contribution in [2.24, 2.45) is 0 Å². The lowest BCUT2D eigenvalue weighted by atomic mass is 10.1. The molecule has 0 fully saturated rings. The highest BCUT2D eigenvalue weighted by atomic mass is 32.1. The molecular weight excluding hydrogens is 741 g/mol. The molecule has 0 saturated carbocycles. The minimum absolute atomic E-state index is 0.899. The van der Waals surface area contributed by atoms with Gasteiger partial charge in [-0.3, -0.25) is 4.98 Å². The summed E-state index contributed by atoms with van der Waals surface area (Å²) in [5, 5.41) is 8.46. The Labute approximate surface area is 341 Å². The van der Waals surface area contributed by atoms with Crippen LogP contribution in [-0.4, -0.2) is 14.1 Å². The minimum atomic E-state index is 0.899. The lowest BCUT2D eigenvalue weighted by Crippen LogP contribution is -2.10. The van der Waals surface area contributed by atoms with Crippen LogP contribution in [0.15, 0.2) is 199 Å². The first-order valence-corrected chi connectivity index (χ1v) is 20.7. The van der Waals surface area contributed by atoms with Gasteiger partial charge in [-0.05, 0) is 97.1 Å². The normalized spacial score (nSPS) is 12.1. The van der Waals surface area contributed by atoms with Crippen molar-refractivity contribution >= 4 is 114 Å². The average Bonchev–Trinajstić information content (AvgIpc) is 4.04. The van der Waals surface area contributed by atoms with Gasteiger partial charge >= 0.3 is 0 Å². The van der Waals surface area contributed by atoms with E-state index in [4.69, 9.17) is 9.40 Å². The predicted molar refractivity (Wildman–Crippen MR) is 248 cm³/mol. The van der Waals surface area contributed by atoms with Crippen LogP contribution in [0, 0.1) is 0 Å². The van der Waals surface area contributed by atoms with Crippen LogP contribution in [0.1, 0.15) is 0 Å². The number of thiophene rings is 1. The van der Waals surface area contributed by atoms with E-state index in [-0.39, 0.29) is 0 Å². The fraction of sp³-hybridized carbons (Fsp3) is 0. The van der Waals surface area contributed by atoms with Gasteiger partial charge in [0.2, 0.25) is 0 Å². The molecule has 0 saturated heterocycles. The quantitative estimate of drug-likeness (QED) is 0.175. The summed E-state index contributed by atoms with van der Waals surface area (Å²) in [7, 11) is 0. The summed E-state index contributed by atoms with van der Waals surface area (Å²) in [6, 6.07) is 67.2. The highest BCUT2D eigenvalue weighted by Gasteiger charge is 2.23. The van der Waals surface area contributed by atoms with Crippen LogP contribution in [0.3, 0.4) is 0 Å². The summed E-state index contributed by atoms with van der Waals surface area (Å²) in [6.45, 7) is 0. The Morgan fingerprint density at radius 2 is 1.02 bits per heavy atom. The van der Waals surface area contributed by atoms with Crippen molar-refractivity contribution in [1.29, 1.82) is 0 Å². The summed E-state index contributed by atoms with van der Waals surface area (Å²) in [6.07, 6.45) is 1.92. The Morgan fingerprint density at radius 3 is 1.81 bits per heavy atom. The van der Waals surface area contributed by atoms with E-state index in [1.54, 1.807) is 0 Å². The number of fused-ring (bicyclic) bond motifs is 14. The summed E-state index contributed by atoms with van der Waals surface area (Å²) < 4.78 is 13.6. The Hall–Kier alpha value is -7.67. The number of pyridine rings is 1. The second-order valence-corrected chi connectivity index (χ2v) is 16.2. The number of furan rings is 1. The molecule has 0 aliphatic carbocycles. The van der Waals surface area contributed by atoms with Crippen LogP contribution in [0.4, 0.5) is 17.1 Å². The van der Waals surface area contributed by atoms with E-state index in [1.165, 1.54) is 47.4 Å². The zero-order valence-corrected chi connectivity index (χ0v) is 32.4. The summed E-state index contributed by atoms with van der Waals surface area (Å²) in [4.78, 5) is 7.41. The number of anilines is 3. The molecule has 0 bridgehead atoms. The molecule has 0 radical (unpaired) electrons. The molecule has 0 aliphatic rings. The molecule has 5 heterocycles. The second-order valence-electron chi connectivity index (χ2n) is 15.1. The number of benzene rings is 8. The number of hydrogen-bond acceptors (Lipinski definition) is 4. The Kier molecular flexibility index (Phi) is 6.82. The van der Waals surface area contributed by atoms with Crippen molar-refractivity contribution in [1.82, 2.24) is 14.1 Å². The third kappa shape index (κ3) is 4.69. The standard InChI is InChI=1S/C53H32N4OS/c1-3-13-33(14-4-1)55(34-15-5-2-6-16-34)35-17-11-18-36(31-35)57-45-28-26-40-39-25-27-44-49(52(39)59-53(40)50(45)51-46(57)22-12-30-54-51)41-20-7-9-21-43(41)56(44)37-24-29-48-42(32-37)38-19-8-10-23-47(38)58-48/h1-32H. The van der Waals surface area contributed by atoms with E-state index in [9.17, 15) is 0 Å². The van der Waals surface area contributed by atoms with Crippen LogP contribution >= 0.6 is 11.3 Å². The molecule has 8 aromatic carbocycles. The Morgan fingerprint density at radius 1 is 0.407 bits per heavy atom. The lowest BCUT2D eigenvalue weighted by molar-refractivity contribution is 0.669. The smallest absolute Gasteiger partial charge is 0.135 e. The van der Waals surface area contributed by atoms with E-state index in [1.807, 2.05) is 35.7 Å². The van der Waals surface area contributed by atoms with Gasteiger partial charge in [-0.15, -0.1) is 11.3 Å². The van der Waals surface area contributed by atoms with Gasteiger partial charge in [0.1, 0.15) is 11.2 Å². The molecule has 5 nitrogen and oxygen atoms in total. The van der Waals surface area contributed by atoms with Gasteiger partial charge in [0.15, 0.2) is 0 Å². The fourth-order valence-electron chi connectivity index (χ4n) is 9.44. The lowest BCUT2D eigenvalue weighted by Gasteiger charge is -2.26. The van der Waals surface area contributed by atoms with Gasteiger partial charge in [0.25, 0.3) is 0 Å². The van der Waals surface area contributed by atoms with E-state index in [0.29, 0.717) is 0 Å². The zero-order chi connectivity index (χ0) is 38.6. The molecule has 13 aromatic rings. The summed E-state index contributed by atoms with van der Waals surface area (Å²) >= 11 is 1.89. The second kappa shape index (κ2) is 12.4. The summed E-state index contributed by atoms with van der Waals surface area (Å²) in [5.41, 5.74) is 12.9. The van der Waals surface area contributed by atoms with Crippen LogP contribution in [0.25, 0.3) is 97.2 Å². The molecule has 59 heavy (non-hydrogen) atoms. The monoisotopic (exact) mass is 772 g/mol. The first-order chi connectivity index (χ1) is 29.3. The number of aromatic nitrogens is 3. The van der Waals surface area contributed by atoms with Crippen LogP contribution in [0.5, 0.6) is 0 Å². The van der Waals surface area contributed by atoms with E-state index in [2.05, 4.69) is 184 Å². The van der Waals surface area contributed by atoms with Crippen molar-refractivity contribution in [2.45, 2.75) is 0 Å². The van der Waals surface area contributed by atoms with Crippen LogP contribution in [0.2, 0.25) is 0 Å². The average molecular weight is 773 g/mol. The minimum Gasteiger partial charge on any atom is -0.456 e. The Balaban J connectivity index is 1.05. The number of nitrogens with zero attached hydrogens (tertiary/aromatic N) is 4. The van der Waals surface area contributed by atoms with Gasteiger partial charge in [0, 0.05) is 81.7 Å². The summed E-state index contributed by atoms with van der Waals surface area (Å²) in [5.74, 6) is 0. The van der Waals surface area contributed by atoms with Gasteiger partial charge in [-0.1, -0.05) is 91.0 Å². The van der Waals surface area contributed by atoms with Crippen molar-refractivity contribution < 1.29 is 4.42 Å². The molecule has 5 aromatic heterocycles. The topological polar surface area (TPSA) is 39.1 Å². The molecule has 0 atom stereocenters. The van der Waals surface area contributed by atoms with E-state index >= 15 is 0 Å². The van der Waals surface area contributed by atoms with Crippen molar-refractivity contribution in [3.63, 3.8) is 0 Å². The maximum atomic E-state index is 6.22. The molecule has 6 heteroatoms. The largest absolute Gasteiger partial charge is 0.456 e. The van der Waals surface area contributed by atoms with Crippen LogP contribution < -0.4 is 4.90 Å². The van der Waals surface area contributed by atoms with Gasteiger partial charge < -0.3 is 18.5 Å². The third-order valence-corrected chi connectivity index (χ3v) is 13.2.